The van der Waals surface area contributed by atoms with Gasteiger partial charge in [0.15, 0.2) is 5.16 Å². The van der Waals surface area contributed by atoms with Crippen molar-refractivity contribution in [3.63, 3.8) is 0 Å². The first kappa shape index (κ1) is 31.5. The van der Waals surface area contributed by atoms with E-state index in [0.29, 0.717) is 56.6 Å². The van der Waals surface area contributed by atoms with Crippen LogP contribution in [0.1, 0.15) is 61.4 Å². The highest BCUT2D eigenvalue weighted by molar-refractivity contribution is 7.99. The van der Waals surface area contributed by atoms with Crippen molar-refractivity contribution in [2.75, 3.05) is 32.8 Å². The van der Waals surface area contributed by atoms with Crippen LogP contribution in [0.25, 0.3) is 5.69 Å². The molecule has 1 saturated heterocycles. The lowest BCUT2D eigenvalue weighted by Crippen LogP contribution is -2.55. The van der Waals surface area contributed by atoms with Crippen LogP contribution in [0, 0.1) is 5.92 Å². The number of carbonyl (C=O) groups is 2. The summed E-state index contributed by atoms with van der Waals surface area (Å²) < 4.78 is 12.2. The maximum Gasteiger partial charge on any atom is 0.302 e. The molecule has 45 heavy (non-hydrogen) atoms. The summed E-state index contributed by atoms with van der Waals surface area (Å²) in [6.07, 6.45) is 6.68. The number of aromatic nitrogens is 2. The topological polar surface area (TPSA) is 94.0 Å². The molecule has 0 atom stereocenters. The van der Waals surface area contributed by atoms with E-state index in [-0.39, 0.29) is 30.0 Å². The van der Waals surface area contributed by atoms with Gasteiger partial charge >= 0.3 is 5.97 Å². The molecule has 1 aliphatic carbocycles. The van der Waals surface area contributed by atoms with E-state index in [1.165, 1.54) is 31.7 Å². The highest BCUT2D eigenvalue weighted by atomic mass is 32.2. The average molecular weight is 631 g/mol. The minimum Gasteiger partial charge on any atom is -0.463 e. The number of amides is 1. The van der Waals surface area contributed by atoms with Gasteiger partial charge in [0.1, 0.15) is 6.61 Å². The van der Waals surface area contributed by atoms with Gasteiger partial charge in [-0.05, 0) is 36.1 Å². The highest BCUT2D eigenvalue weighted by Crippen LogP contribution is 2.34. The lowest BCUT2D eigenvalue weighted by Gasteiger charge is -2.41. The number of para-hydroxylation sites is 1. The second-order valence-electron chi connectivity index (χ2n) is 12.3. The zero-order valence-corrected chi connectivity index (χ0v) is 26.8. The molecular weight excluding hydrogens is 588 g/mol. The monoisotopic (exact) mass is 630 g/mol. The number of likely N-dealkylation sites (tertiary alicyclic amines) is 1. The van der Waals surface area contributed by atoms with Gasteiger partial charge in [-0.15, -0.1) is 0 Å². The summed E-state index contributed by atoms with van der Waals surface area (Å²) in [5.74, 6) is -0.228. The van der Waals surface area contributed by atoms with E-state index in [1.54, 1.807) is 16.3 Å². The molecule has 3 aliphatic rings. The Hall–Kier alpha value is -3.47. The molecule has 3 aromatic rings. The van der Waals surface area contributed by atoms with Crippen LogP contribution >= 0.6 is 11.8 Å². The molecule has 0 spiro atoms. The predicted octanol–water partition coefficient (Wildman–Crippen LogP) is 4.75. The normalized spacial score (nSPS) is 17.5. The van der Waals surface area contributed by atoms with Crippen LogP contribution in [0.15, 0.2) is 64.5 Å². The molecule has 2 fully saturated rings. The van der Waals surface area contributed by atoms with E-state index < -0.39 is 0 Å². The first-order valence-electron chi connectivity index (χ1n) is 16.1. The van der Waals surface area contributed by atoms with E-state index in [4.69, 9.17) is 14.5 Å². The number of carbonyl (C=O) groups excluding carboxylic acids is 2. The summed E-state index contributed by atoms with van der Waals surface area (Å²) in [6, 6.07) is 18.1. The molecule has 10 heteroatoms. The third-order valence-electron chi connectivity index (χ3n) is 8.89. The average Bonchev–Trinajstić information content (AvgIpc) is 3.03. The predicted molar refractivity (Wildman–Crippen MR) is 173 cm³/mol. The number of fused-ring (bicyclic) bond motifs is 1. The smallest absolute Gasteiger partial charge is 0.302 e. The van der Waals surface area contributed by atoms with Crippen LogP contribution in [0.4, 0.5) is 0 Å². The van der Waals surface area contributed by atoms with Crippen LogP contribution in [0.5, 0.6) is 0 Å². The Morgan fingerprint density at radius 2 is 1.69 bits per heavy atom. The van der Waals surface area contributed by atoms with E-state index in [2.05, 4.69) is 17.0 Å². The fourth-order valence-corrected chi connectivity index (χ4v) is 7.73. The van der Waals surface area contributed by atoms with Crippen molar-refractivity contribution in [3.8, 4) is 5.69 Å². The molecule has 3 heterocycles. The minimum atomic E-state index is -0.304. The van der Waals surface area contributed by atoms with Gasteiger partial charge in [0.2, 0.25) is 5.91 Å². The summed E-state index contributed by atoms with van der Waals surface area (Å²) in [6.45, 7) is 5.61. The molecule has 2 aliphatic heterocycles. The molecule has 1 amide bonds. The summed E-state index contributed by atoms with van der Waals surface area (Å²) in [5, 5.41) is 1.27. The maximum atomic E-state index is 14.0. The van der Waals surface area contributed by atoms with Crippen LogP contribution in [0.3, 0.4) is 0 Å². The summed E-state index contributed by atoms with van der Waals surface area (Å²) >= 11 is 1.75. The first-order chi connectivity index (χ1) is 21.9. The molecule has 2 aromatic carbocycles. The first-order valence-corrected chi connectivity index (χ1v) is 17.0. The third kappa shape index (κ3) is 7.85. The molecule has 0 bridgehead atoms. The van der Waals surface area contributed by atoms with Crippen molar-refractivity contribution in [1.82, 2.24) is 19.4 Å². The van der Waals surface area contributed by atoms with Crippen LogP contribution in [-0.2, 0) is 45.2 Å². The Labute approximate surface area is 268 Å². The summed E-state index contributed by atoms with van der Waals surface area (Å²) in [7, 11) is 0. The standard InChI is InChI=1S/C35H42N4O5S/c1-25(40)44-19-18-43-24-27-14-12-26(13-15-27)20-37-21-28(22-37)33(41)38-17-16-32-31(23-38)34(42)39(29-8-4-2-5-9-29)35(36-32)45-30-10-6-3-7-11-30/h2,4-5,8-9,12-15,28,30H,3,6-7,10-11,16-24H2,1H3. The van der Waals surface area contributed by atoms with Gasteiger partial charge in [-0.25, -0.2) is 4.98 Å². The Bertz CT molecular complexity index is 1530. The van der Waals surface area contributed by atoms with E-state index >= 15 is 0 Å². The lowest BCUT2D eigenvalue weighted by atomic mass is 9.95. The SMILES string of the molecule is CC(=O)OCCOCc1ccc(CN2CC(C(=O)N3CCc4nc(SC5CCCCC5)n(-c5ccccc5)c(=O)c4C3)C2)cc1. The fourth-order valence-electron chi connectivity index (χ4n) is 6.41. The molecule has 0 unspecified atom stereocenters. The number of ether oxygens (including phenoxy) is 2. The molecule has 6 rings (SSSR count). The van der Waals surface area contributed by atoms with Crippen LogP contribution in [-0.4, -0.2) is 69.3 Å². The Balaban J connectivity index is 1.05. The van der Waals surface area contributed by atoms with Gasteiger partial charge < -0.3 is 14.4 Å². The molecule has 0 radical (unpaired) electrons. The van der Waals surface area contributed by atoms with Crippen molar-refractivity contribution in [3.05, 3.63) is 87.3 Å². The van der Waals surface area contributed by atoms with Gasteiger partial charge in [0.25, 0.3) is 5.56 Å². The molecule has 9 nitrogen and oxygen atoms in total. The number of thioether (sulfide) groups is 1. The number of benzene rings is 2. The second kappa shape index (κ2) is 14.7. The van der Waals surface area contributed by atoms with Crippen molar-refractivity contribution in [2.24, 2.45) is 5.92 Å². The largest absolute Gasteiger partial charge is 0.463 e. The van der Waals surface area contributed by atoms with Crippen LogP contribution < -0.4 is 5.56 Å². The molecule has 1 aromatic heterocycles. The highest BCUT2D eigenvalue weighted by Gasteiger charge is 2.37. The zero-order valence-electron chi connectivity index (χ0n) is 26.0. The zero-order chi connectivity index (χ0) is 31.2. The summed E-state index contributed by atoms with van der Waals surface area (Å²) in [4.78, 5) is 47.6. The minimum absolute atomic E-state index is 0.0458. The molecular formula is C35H42N4O5S. The van der Waals surface area contributed by atoms with Gasteiger partial charge in [-0.3, -0.25) is 23.9 Å². The number of hydrogen-bond acceptors (Lipinski definition) is 8. The van der Waals surface area contributed by atoms with Crippen molar-refractivity contribution in [1.29, 1.82) is 0 Å². The van der Waals surface area contributed by atoms with Crippen molar-refractivity contribution in [2.45, 2.75) is 75.6 Å². The van der Waals surface area contributed by atoms with E-state index in [0.717, 1.165) is 41.5 Å². The number of hydrogen-bond donors (Lipinski definition) is 0. The van der Waals surface area contributed by atoms with Gasteiger partial charge in [0, 0.05) is 44.8 Å². The second-order valence-corrected chi connectivity index (χ2v) is 13.6. The Kier molecular flexibility index (Phi) is 10.3. The Morgan fingerprint density at radius 1 is 0.956 bits per heavy atom. The Morgan fingerprint density at radius 3 is 2.42 bits per heavy atom. The number of nitrogens with zero attached hydrogens (tertiary/aromatic N) is 4. The maximum absolute atomic E-state index is 14.0. The van der Waals surface area contributed by atoms with Crippen molar-refractivity contribution < 1.29 is 19.1 Å². The quantitative estimate of drug-likeness (QED) is 0.170. The van der Waals surface area contributed by atoms with Crippen molar-refractivity contribution >= 4 is 23.6 Å². The van der Waals surface area contributed by atoms with E-state index in [1.807, 2.05) is 47.4 Å². The molecule has 0 N–H and O–H groups in total. The van der Waals surface area contributed by atoms with Gasteiger partial charge in [-0.2, -0.15) is 0 Å². The van der Waals surface area contributed by atoms with Crippen LogP contribution in [0.2, 0.25) is 0 Å². The third-order valence-corrected chi connectivity index (χ3v) is 10.2. The number of rotatable bonds is 11. The lowest BCUT2D eigenvalue weighted by molar-refractivity contribution is -0.143. The summed E-state index contributed by atoms with van der Waals surface area (Å²) in [5.41, 5.74) is 4.53. The van der Waals surface area contributed by atoms with Gasteiger partial charge in [-0.1, -0.05) is 73.5 Å². The number of esters is 1. The van der Waals surface area contributed by atoms with E-state index in [9.17, 15) is 14.4 Å². The molecule has 1 saturated carbocycles. The van der Waals surface area contributed by atoms with Gasteiger partial charge in [0.05, 0.1) is 42.6 Å². The fraction of sp³-hybridized carbons (Fsp3) is 0.486. The molecule has 238 valence electrons.